The predicted molar refractivity (Wildman–Crippen MR) is 75.9 cm³/mol. The number of aromatic nitrogens is 3. The van der Waals surface area contributed by atoms with Gasteiger partial charge in [0.25, 0.3) is 11.5 Å². The Hall–Kier alpha value is -2.52. The van der Waals surface area contributed by atoms with Gasteiger partial charge in [0.05, 0.1) is 18.4 Å². The van der Waals surface area contributed by atoms with Gasteiger partial charge >= 0.3 is 0 Å². The molecule has 21 heavy (non-hydrogen) atoms. The van der Waals surface area contributed by atoms with Gasteiger partial charge in [0.1, 0.15) is 4.70 Å². The van der Waals surface area contributed by atoms with Crippen LogP contribution in [0.1, 0.15) is 21.8 Å². The minimum atomic E-state index is -0.556. The summed E-state index contributed by atoms with van der Waals surface area (Å²) in [6.45, 7) is 2.05. The third-order valence-corrected chi connectivity index (χ3v) is 4.05. The number of nitrogen functional groups attached to an aromatic ring is 1. The highest BCUT2D eigenvalue weighted by molar-refractivity contribution is 7.17. The van der Waals surface area contributed by atoms with E-state index in [-0.39, 0.29) is 17.8 Å². The van der Waals surface area contributed by atoms with Crippen LogP contribution in [0.5, 0.6) is 0 Å². The van der Waals surface area contributed by atoms with Crippen LogP contribution >= 0.6 is 11.3 Å². The lowest BCUT2D eigenvalue weighted by Crippen LogP contribution is -2.30. The zero-order valence-electron chi connectivity index (χ0n) is 11.0. The molecule has 0 saturated heterocycles. The van der Waals surface area contributed by atoms with Crippen molar-refractivity contribution in [2.24, 2.45) is 5.84 Å². The van der Waals surface area contributed by atoms with Crippen molar-refractivity contribution in [1.82, 2.24) is 20.1 Å². The maximum atomic E-state index is 12.3. The van der Waals surface area contributed by atoms with Crippen LogP contribution in [0.3, 0.4) is 0 Å². The molecule has 0 bridgehead atoms. The fourth-order valence-electron chi connectivity index (χ4n) is 1.91. The van der Waals surface area contributed by atoms with Crippen molar-refractivity contribution in [3.05, 3.63) is 45.1 Å². The van der Waals surface area contributed by atoms with E-state index in [1.165, 1.54) is 28.3 Å². The molecule has 0 saturated carbocycles. The van der Waals surface area contributed by atoms with Crippen LogP contribution in [-0.2, 0) is 6.54 Å². The van der Waals surface area contributed by atoms with Crippen molar-refractivity contribution in [2.75, 3.05) is 0 Å². The zero-order valence-corrected chi connectivity index (χ0v) is 11.8. The van der Waals surface area contributed by atoms with Crippen molar-refractivity contribution >= 4 is 27.5 Å². The summed E-state index contributed by atoms with van der Waals surface area (Å²) in [5.74, 6) is 4.82. The number of rotatable bonds is 3. The number of carbonyl (C=O) groups is 1. The summed E-state index contributed by atoms with van der Waals surface area (Å²) in [5, 5.41) is 5.47. The molecular formula is C12H11N5O3S. The van der Waals surface area contributed by atoms with Crippen LogP contribution in [0, 0.1) is 6.92 Å². The Bertz CT molecular complexity index is 879. The first-order chi connectivity index (χ1) is 10.1. The molecule has 0 spiro atoms. The Labute approximate surface area is 122 Å². The normalized spacial score (nSPS) is 11.0. The number of nitrogens with one attached hydrogen (secondary N) is 1. The van der Waals surface area contributed by atoms with Gasteiger partial charge < -0.3 is 4.52 Å². The number of nitrogens with two attached hydrogens (primary N) is 1. The van der Waals surface area contributed by atoms with Gasteiger partial charge in [-0.3, -0.25) is 19.6 Å². The van der Waals surface area contributed by atoms with Crippen molar-refractivity contribution in [1.29, 1.82) is 0 Å². The van der Waals surface area contributed by atoms with E-state index >= 15 is 0 Å². The van der Waals surface area contributed by atoms with Gasteiger partial charge in [0.15, 0.2) is 11.5 Å². The second-order valence-electron chi connectivity index (χ2n) is 4.43. The van der Waals surface area contributed by atoms with Gasteiger partial charge in [-0.25, -0.2) is 10.8 Å². The van der Waals surface area contributed by atoms with E-state index in [4.69, 9.17) is 10.4 Å². The summed E-state index contributed by atoms with van der Waals surface area (Å²) in [6, 6.07) is 1.43. The van der Waals surface area contributed by atoms with E-state index in [0.717, 1.165) is 5.56 Å². The molecule has 9 heteroatoms. The molecule has 3 aromatic heterocycles. The Balaban J connectivity index is 1.95. The maximum Gasteiger partial charge on any atom is 0.287 e. The van der Waals surface area contributed by atoms with Crippen molar-refractivity contribution in [3.63, 3.8) is 0 Å². The highest BCUT2D eigenvalue weighted by Gasteiger charge is 2.13. The minimum absolute atomic E-state index is 0.0570. The van der Waals surface area contributed by atoms with E-state index in [2.05, 4.69) is 10.1 Å². The van der Waals surface area contributed by atoms with Crippen LogP contribution in [-0.4, -0.2) is 20.6 Å². The highest BCUT2D eigenvalue weighted by atomic mass is 32.1. The molecule has 0 fully saturated rings. The van der Waals surface area contributed by atoms with Gasteiger partial charge in [0.2, 0.25) is 0 Å². The second kappa shape index (κ2) is 5.11. The van der Waals surface area contributed by atoms with E-state index in [1.54, 1.807) is 0 Å². The molecule has 1 amide bonds. The Morgan fingerprint density at radius 1 is 1.57 bits per heavy atom. The third kappa shape index (κ3) is 2.32. The smallest absolute Gasteiger partial charge is 0.287 e. The molecule has 3 heterocycles. The Kier molecular flexibility index (Phi) is 3.28. The SMILES string of the molecule is Cc1csc2c(=O)n(Cc3cc(C(=O)NN)no3)cnc12. The fraction of sp³-hybridized carbons (Fsp3) is 0.167. The molecule has 0 unspecified atom stereocenters. The first kappa shape index (κ1) is 13.5. The number of amides is 1. The van der Waals surface area contributed by atoms with E-state index in [0.29, 0.717) is 16.0 Å². The fourth-order valence-corrected chi connectivity index (χ4v) is 2.86. The van der Waals surface area contributed by atoms with E-state index < -0.39 is 5.91 Å². The van der Waals surface area contributed by atoms with Crippen LogP contribution in [0.4, 0.5) is 0 Å². The van der Waals surface area contributed by atoms with Crippen molar-refractivity contribution in [3.8, 4) is 0 Å². The number of aryl methyl sites for hydroxylation is 1. The topological polar surface area (TPSA) is 116 Å². The molecule has 108 valence electrons. The molecule has 0 aliphatic rings. The zero-order chi connectivity index (χ0) is 15.0. The first-order valence-corrected chi connectivity index (χ1v) is 6.88. The van der Waals surface area contributed by atoms with Gasteiger partial charge in [-0.15, -0.1) is 11.3 Å². The number of hydrogen-bond acceptors (Lipinski definition) is 7. The average molecular weight is 305 g/mol. The molecule has 3 rings (SSSR count). The van der Waals surface area contributed by atoms with Gasteiger partial charge in [0, 0.05) is 6.07 Å². The molecule has 0 aromatic carbocycles. The Morgan fingerprint density at radius 3 is 3.14 bits per heavy atom. The summed E-state index contributed by atoms with van der Waals surface area (Å²) in [4.78, 5) is 27.9. The van der Waals surface area contributed by atoms with E-state index in [9.17, 15) is 9.59 Å². The molecule has 3 aromatic rings. The molecule has 0 radical (unpaired) electrons. The lowest BCUT2D eigenvalue weighted by molar-refractivity contribution is 0.0944. The monoisotopic (exact) mass is 305 g/mol. The number of hydrazine groups is 1. The average Bonchev–Trinajstić information content (AvgIpc) is 3.09. The summed E-state index contributed by atoms with van der Waals surface area (Å²) in [6.07, 6.45) is 1.45. The molecule has 0 atom stereocenters. The minimum Gasteiger partial charge on any atom is -0.359 e. The van der Waals surface area contributed by atoms with Gasteiger partial charge in [-0.2, -0.15) is 0 Å². The second-order valence-corrected chi connectivity index (χ2v) is 5.31. The van der Waals surface area contributed by atoms with Crippen LogP contribution in [0.15, 0.2) is 27.1 Å². The Morgan fingerprint density at radius 2 is 2.38 bits per heavy atom. The first-order valence-electron chi connectivity index (χ1n) is 6.00. The summed E-state index contributed by atoms with van der Waals surface area (Å²) < 4.78 is 7.01. The third-order valence-electron chi connectivity index (χ3n) is 2.97. The van der Waals surface area contributed by atoms with E-state index in [1.807, 2.05) is 17.7 Å². The number of fused-ring (bicyclic) bond motifs is 1. The van der Waals surface area contributed by atoms with Crippen LogP contribution in [0.2, 0.25) is 0 Å². The van der Waals surface area contributed by atoms with Crippen molar-refractivity contribution in [2.45, 2.75) is 13.5 Å². The number of nitrogens with zero attached hydrogens (tertiary/aromatic N) is 3. The van der Waals surface area contributed by atoms with Crippen LogP contribution in [0.25, 0.3) is 10.2 Å². The lowest BCUT2D eigenvalue weighted by Gasteiger charge is -2.01. The molecular weight excluding hydrogens is 294 g/mol. The maximum absolute atomic E-state index is 12.3. The summed E-state index contributed by atoms with van der Waals surface area (Å²) >= 11 is 1.36. The largest absolute Gasteiger partial charge is 0.359 e. The lowest BCUT2D eigenvalue weighted by atomic mass is 10.3. The van der Waals surface area contributed by atoms with Gasteiger partial charge in [-0.1, -0.05) is 5.16 Å². The number of hydrogen-bond donors (Lipinski definition) is 2. The highest BCUT2D eigenvalue weighted by Crippen LogP contribution is 2.19. The van der Waals surface area contributed by atoms with Crippen LogP contribution < -0.4 is 16.8 Å². The number of thiophene rings is 1. The molecule has 0 aliphatic carbocycles. The number of carbonyl (C=O) groups excluding carboxylic acids is 1. The standard InChI is InChI=1S/C12H11N5O3S/c1-6-4-21-10-9(6)14-5-17(12(10)19)3-7-2-8(16-20-7)11(18)15-13/h2,4-5H,3,13H2,1H3,(H,15,18). The summed E-state index contributed by atoms with van der Waals surface area (Å²) in [7, 11) is 0. The van der Waals surface area contributed by atoms with Crippen molar-refractivity contribution < 1.29 is 9.32 Å². The van der Waals surface area contributed by atoms with Gasteiger partial charge in [-0.05, 0) is 17.9 Å². The molecule has 0 aliphatic heterocycles. The quantitative estimate of drug-likeness (QED) is 0.411. The molecule has 3 N–H and O–H groups in total. The predicted octanol–water partition coefficient (Wildman–Crippen LogP) is 0.406. The molecule has 8 nitrogen and oxygen atoms in total. The summed E-state index contributed by atoms with van der Waals surface area (Å²) in [5.41, 5.74) is 3.54.